The number of aliphatic imine (C=N–C) groups is 1. The Morgan fingerprint density at radius 3 is 2.39 bits per heavy atom. The molecule has 1 aliphatic rings. The van der Waals surface area contributed by atoms with Crippen molar-refractivity contribution in [3.63, 3.8) is 0 Å². The van der Waals surface area contributed by atoms with E-state index < -0.39 is 0 Å². The van der Waals surface area contributed by atoms with Gasteiger partial charge in [0.05, 0.1) is 6.54 Å². The highest BCUT2D eigenvalue weighted by atomic mass is 15.2. The smallest absolute Gasteiger partial charge is 0.191 e. The average Bonchev–Trinajstić information content (AvgIpc) is 3.06. The van der Waals surface area contributed by atoms with E-state index in [1.54, 1.807) is 0 Å². The van der Waals surface area contributed by atoms with E-state index in [1.165, 1.54) is 12.8 Å². The number of guanidine groups is 1. The van der Waals surface area contributed by atoms with Crippen molar-refractivity contribution in [1.82, 2.24) is 15.5 Å². The highest BCUT2D eigenvalue weighted by Gasteiger charge is 2.27. The quantitative estimate of drug-likeness (QED) is 0.561. The summed E-state index contributed by atoms with van der Waals surface area (Å²) >= 11 is 0. The molecule has 0 spiro atoms. The van der Waals surface area contributed by atoms with Gasteiger partial charge in [0.2, 0.25) is 0 Å². The van der Waals surface area contributed by atoms with Crippen molar-refractivity contribution in [3.05, 3.63) is 0 Å². The summed E-state index contributed by atoms with van der Waals surface area (Å²) in [5, 5.41) is 6.71. The molecule has 4 nitrogen and oxygen atoms in total. The van der Waals surface area contributed by atoms with Gasteiger partial charge in [-0.05, 0) is 47.1 Å². The van der Waals surface area contributed by atoms with E-state index in [9.17, 15) is 0 Å². The highest BCUT2D eigenvalue weighted by Crippen LogP contribution is 2.25. The molecule has 1 aliphatic carbocycles. The Morgan fingerprint density at radius 1 is 1.28 bits per heavy atom. The molecule has 0 aliphatic heterocycles. The first-order chi connectivity index (χ1) is 8.46. The molecular formula is C14H30N4. The summed E-state index contributed by atoms with van der Waals surface area (Å²) in [5.74, 6) is 0.928. The van der Waals surface area contributed by atoms with Crippen molar-refractivity contribution in [2.75, 3.05) is 26.2 Å². The molecule has 2 N–H and O–H groups in total. The first kappa shape index (κ1) is 15.3. The van der Waals surface area contributed by atoms with Gasteiger partial charge in [0.1, 0.15) is 0 Å². The Bertz CT molecular complexity index is 263. The Hall–Kier alpha value is -0.770. The minimum absolute atomic E-state index is 0.0575. The molecule has 1 rings (SSSR count). The molecule has 0 radical (unpaired) electrons. The van der Waals surface area contributed by atoms with Crippen LogP contribution in [-0.4, -0.2) is 48.6 Å². The SMILES string of the molecule is CCNC(=NCCN(CC)C1CC1)NC(C)(C)C. The summed E-state index contributed by atoms with van der Waals surface area (Å²) in [5.41, 5.74) is 0.0575. The van der Waals surface area contributed by atoms with Crippen molar-refractivity contribution in [2.45, 2.75) is 59.0 Å². The second kappa shape index (κ2) is 6.98. The van der Waals surface area contributed by atoms with E-state index >= 15 is 0 Å². The Labute approximate surface area is 112 Å². The van der Waals surface area contributed by atoms with Crippen LogP contribution in [0, 0.1) is 0 Å². The average molecular weight is 254 g/mol. The number of hydrogen-bond donors (Lipinski definition) is 2. The molecule has 0 bridgehead atoms. The summed E-state index contributed by atoms with van der Waals surface area (Å²) in [4.78, 5) is 7.18. The van der Waals surface area contributed by atoms with Gasteiger partial charge in [0, 0.05) is 24.7 Å². The summed E-state index contributed by atoms with van der Waals surface area (Å²) in [6.07, 6.45) is 2.75. The zero-order chi connectivity index (χ0) is 13.6. The Kier molecular flexibility index (Phi) is 5.93. The molecule has 4 heteroatoms. The van der Waals surface area contributed by atoms with Crippen LogP contribution in [0.2, 0.25) is 0 Å². The molecule has 0 aromatic rings. The van der Waals surface area contributed by atoms with Crippen LogP contribution in [0.1, 0.15) is 47.5 Å². The normalized spacial score (nSPS) is 17.1. The van der Waals surface area contributed by atoms with Crippen molar-refractivity contribution in [2.24, 2.45) is 4.99 Å². The van der Waals surface area contributed by atoms with Gasteiger partial charge in [0.25, 0.3) is 0 Å². The van der Waals surface area contributed by atoms with Crippen LogP contribution in [0.3, 0.4) is 0 Å². The predicted octanol–water partition coefficient (Wildman–Crippen LogP) is 1.82. The third-order valence-electron chi connectivity index (χ3n) is 2.96. The fourth-order valence-electron chi connectivity index (χ4n) is 1.99. The predicted molar refractivity (Wildman–Crippen MR) is 79.1 cm³/mol. The second-order valence-electron chi connectivity index (χ2n) is 6.00. The number of likely N-dealkylation sites (N-methyl/N-ethyl adjacent to an activating group) is 1. The molecule has 0 saturated heterocycles. The topological polar surface area (TPSA) is 39.7 Å². The summed E-state index contributed by atoms with van der Waals surface area (Å²) < 4.78 is 0. The molecule has 1 saturated carbocycles. The van der Waals surface area contributed by atoms with Gasteiger partial charge < -0.3 is 10.6 Å². The van der Waals surface area contributed by atoms with Gasteiger partial charge in [-0.15, -0.1) is 0 Å². The van der Waals surface area contributed by atoms with Crippen molar-refractivity contribution in [1.29, 1.82) is 0 Å². The number of hydrogen-bond acceptors (Lipinski definition) is 2. The van der Waals surface area contributed by atoms with Crippen LogP contribution >= 0.6 is 0 Å². The van der Waals surface area contributed by atoms with Crippen LogP contribution in [0.15, 0.2) is 4.99 Å². The lowest BCUT2D eigenvalue weighted by molar-refractivity contribution is 0.286. The maximum Gasteiger partial charge on any atom is 0.191 e. The van der Waals surface area contributed by atoms with Gasteiger partial charge in [-0.3, -0.25) is 9.89 Å². The highest BCUT2D eigenvalue weighted by molar-refractivity contribution is 5.80. The molecule has 0 amide bonds. The zero-order valence-corrected chi connectivity index (χ0v) is 12.7. The van der Waals surface area contributed by atoms with E-state index in [1.807, 2.05) is 0 Å². The van der Waals surface area contributed by atoms with Crippen molar-refractivity contribution in [3.8, 4) is 0 Å². The third-order valence-corrected chi connectivity index (χ3v) is 2.96. The number of rotatable bonds is 6. The fraction of sp³-hybridized carbons (Fsp3) is 0.929. The van der Waals surface area contributed by atoms with E-state index in [4.69, 9.17) is 0 Å². The first-order valence-electron chi connectivity index (χ1n) is 7.26. The van der Waals surface area contributed by atoms with Crippen molar-refractivity contribution < 1.29 is 0 Å². The fourth-order valence-corrected chi connectivity index (χ4v) is 1.99. The molecule has 18 heavy (non-hydrogen) atoms. The van der Waals surface area contributed by atoms with Gasteiger partial charge >= 0.3 is 0 Å². The van der Waals surface area contributed by atoms with Crippen LogP contribution < -0.4 is 10.6 Å². The van der Waals surface area contributed by atoms with Crippen LogP contribution in [-0.2, 0) is 0 Å². The standard InChI is InChI=1S/C14H30N4/c1-6-15-13(17-14(3,4)5)16-10-11-18(7-2)12-8-9-12/h12H,6-11H2,1-5H3,(H2,15,16,17). The van der Waals surface area contributed by atoms with Gasteiger partial charge in [-0.25, -0.2) is 0 Å². The monoisotopic (exact) mass is 254 g/mol. The van der Waals surface area contributed by atoms with Crippen LogP contribution in [0.5, 0.6) is 0 Å². The van der Waals surface area contributed by atoms with Crippen LogP contribution in [0.4, 0.5) is 0 Å². The first-order valence-corrected chi connectivity index (χ1v) is 7.26. The van der Waals surface area contributed by atoms with Crippen LogP contribution in [0.25, 0.3) is 0 Å². The maximum atomic E-state index is 4.65. The molecule has 0 aromatic carbocycles. The molecule has 1 fully saturated rings. The number of nitrogens with one attached hydrogen (secondary N) is 2. The van der Waals surface area contributed by atoms with E-state index in [2.05, 4.69) is 55.1 Å². The summed E-state index contributed by atoms with van der Waals surface area (Å²) in [6, 6.07) is 0.836. The lowest BCUT2D eigenvalue weighted by atomic mass is 10.1. The Morgan fingerprint density at radius 2 is 1.94 bits per heavy atom. The van der Waals surface area contributed by atoms with E-state index in [0.717, 1.165) is 38.2 Å². The zero-order valence-electron chi connectivity index (χ0n) is 12.7. The van der Waals surface area contributed by atoms with Crippen molar-refractivity contribution >= 4 is 5.96 Å². The summed E-state index contributed by atoms with van der Waals surface area (Å²) in [6.45, 7) is 14.8. The molecule has 106 valence electrons. The molecule has 0 aromatic heterocycles. The molecule has 0 unspecified atom stereocenters. The lowest BCUT2D eigenvalue weighted by Gasteiger charge is -2.24. The largest absolute Gasteiger partial charge is 0.357 e. The third kappa shape index (κ3) is 6.24. The molecule has 0 heterocycles. The minimum Gasteiger partial charge on any atom is -0.357 e. The second-order valence-corrected chi connectivity index (χ2v) is 6.00. The van der Waals surface area contributed by atoms with Gasteiger partial charge in [-0.2, -0.15) is 0 Å². The van der Waals surface area contributed by atoms with E-state index in [-0.39, 0.29) is 5.54 Å². The lowest BCUT2D eigenvalue weighted by Crippen LogP contribution is -2.47. The molecule has 0 atom stereocenters. The molecular weight excluding hydrogens is 224 g/mol. The Balaban J connectivity index is 2.38. The minimum atomic E-state index is 0.0575. The number of nitrogens with zero attached hydrogens (tertiary/aromatic N) is 2. The van der Waals surface area contributed by atoms with E-state index in [0.29, 0.717) is 0 Å². The maximum absolute atomic E-state index is 4.65. The summed E-state index contributed by atoms with van der Waals surface area (Å²) in [7, 11) is 0. The van der Waals surface area contributed by atoms with Gasteiger partial charge in [0.15, 0.2) is 5.96 Å². The van der Waals surface area contributed by atoms with Gasteiger partial charge in [-0.1, -0.05) is 6.92 Å².